The van der Waals surface area contributed by atoms with E-state index in [-0.39, 0.29) is 0 Å². The Hall–Kier alpha value is -2.54. The molecule has 4 nitrogen and oxygen atoms in total. The number of rotatable bonds is 4. The summed E-state index contributed by atoms with van der Waals surface area (Å²) in [5, 5.41) is 9.17. The minimum absolute atomic E-state index is 0.404. The molecule has 0 aliphatic heterocycles. The molecule has 0 atom stereocenters. The Labute approximate surface area is 118 Å². The van der Waals surface area contributed by atoms with Crippen molar-refractivity contribution in [3.63, 3.8) is 0 Å². The minimum Gasteiger partial charge on any atom is -0.497 e. The number of ether oxygens (including phenoxy) is 2. The second-order valence-electron chi connectivity index (χ2n) is 4.47. The summed E-state index contributed by atoms with van der Waals surface area (Å²) in [7, 11) is 1.63. The lowest BCUT2D eigenvalue weighted by atomic mass is 10.2. The monoisotopic (exact) mass is 268 g/mol. The van der Waals surface area contributed by atoms with E-state index in [1.165, 1.54) is 0 Å². The molecule has 0 saturated heterocycles. The number of pyridine rings is 1. The molecule has 0 amide bonds. The molecule has 0 fully saturated rings. The van der Waals surface area contributed by atoms with Crippen LogP contribution in [0.2, 0.25) is 0 Å². The Morgan fingerprint density at radius 3 is 2.50 bits per heavy atom. The summed E-state index contributed by atoms with van der Waals surface area (Å²) < 4.78 is 10.9. The van der Waals surface area contributed by atoms with Gasteiger partial charge in [-0.05, 0) is 31.5 Å². The summed E-state index contributed by atoms with van der Waals surface area (Å²) in [6.45, 7) is 4.10. The topological polar surface area (TPSA) is 55.1 Å². The average molecular weight is 268 g/mol. The van der Waals surface area contributed by atoms with E-state index < -0.39 is 0 Å². The van der Waals surface area contributed by atoms with Gasteiger partial charge in [0.15, 0.2) is 0 Å². The van der Waals surface area contributed by atoms with Crippen LogP contribution in [0.5, 0.6) is 11.5 Å². The maximum atomic E-state index is 9.17. The Balaban J connectivity index is 2.16. The maximum Gasteiger partial charge on any atom is 0.141 e. The van der Waals surface area contributed by atoms with E-state index in [1.807, 2.05) is 38.1 Å². The van der Waals surface area contributed by atoms with Crippen molar-refractivity contribution < 1.29 is 9.47 Å². The van der Waals surface area contributed by atoms with Crippen molar-refractivity contribution in [3.8, 4) is 17.6 Å². The number of nitriles is 1. The third kappa shape index (κ3) is 3.07. The molecular formula is C16H16N2O2. The highest BCUT2D eigenvalue weighted by molar-refractivity contribution is 5.46. The number of benzene rings is 1. The van der Waals surface area contributed by atoms with Gasteiger partial charge >= 0.3 is 0 Å². The molecule has 1 aromatic carbocycles. The van der Waals surface area contributed by atoms with E-state index in [0.717, 1.165) is 17.0 Å². The van der Waals surface area contributed by atoms with Gasteiger partial charge in [-0.25, -0.2) is 0 Å². The molecule has 0 saturated carbocycles. The molecule has 102 valence electrons. The van der Waals surface area contributed by atoms with Crippen LogP contribution in [0.15, 0.2) is 30.3 Å². The predicted octanol–water partition coefficient (Wildman–Crippen LogP) is 3.16. The van der Waals surface area contributed by atoms with Crippen LogP contribution in [0.3, 0.4) is 0 Å². The second kappa shape index (κ2) is 6.07. The second-order valence-corrected chi connectivity index (χ2v) is 4.47. The number of hydrogen-bond donors (Lipinski definition) is 0. The third-order valence-corrected chi connectivity index (χ3v) is 2.96. The van der Waals surface area contributed by atoms with E-state index >= 15 is 0 Å². The molecule has 1 heterocycles. The fourth-order valence-corrected chi connectivity index (χ4v) is 1.93. The molecule has 0 unspecified atom stereocenters. The summed E-state index contributed by atoms with van der Waals surface area (Å²) in [6.07, 6.45) is 0. The Morgan fingerprint density at radius 1 is 1.20 bits per heavy atom. The number of aromatic nitrogens is 1. The molecule has 20 heavy (non-hydrogen) atoms. The molecule has 0 radical (unpaired) electrons. The number of hydrogen-bond acceptors (Lipinski definition) is 4. The summed E-state index contributed by atoms with van der Waals surface area (Å²) in [5.74, 6) is 1.38. The lowest BCUT2D eigenvalue weighted by molar-refractivity contribution is 0.304. The van der Waals surface area contributed by atoms with Gasteiger partial charge in [-0.1, -0.05) is 12.1 Å². The Morgan fingerprint density at radius 2 is 1.90 bits per heavy atom. The number of nitrogens with zero attached hydrogens (tertiary/aromatic N) is 2. The summed E-state index contributed by atoms with van der Waals surface area (Å²) in [4.78, 5) is 4.26. The first-order chi connectivity index (χ1) is 9.63. The van der Waals surface area contributed by atoms with E-state index in [4.69, 9.17) is 14.7 Å². The van der Waals surface area contributed by atoms with E-state index in [2.05, 4.69) is 11.1 Å². The lowest BCUT2D eigenvalue weighted by Crippen LogP contribution is -2.01. The molecule has 4 heteroatoms. The van der Waals surface area contributed by atoms with Crippen molar-refractivity contribution >= 4 is 0 Å². The first-order valence-electron chi connectivity index (χ1n) is 6.28. The first-order valence-corrected chi connectivity index (χ1v) is 6.28. The van der Waals surface area contributed by atoms with Crippen molar-refractivity contribution in [2.24, 2.45) is 0 Å². The summed E-state index contributed by atoms with van der Waals surface area (Å²) >= 11 is 0. The predicted molar refractivity (Wildman–Crippen MR) is 75.8 cm³/mol. The molecule has 1 aromatic heterocycles. The van der Waals surface area contributed by atoms with Gasteiger partial charge in [0, 0.05) is 11.8 Å². The van der Waals surface area contributed by atoms with Crippen LogP contribution in [0.25, 0.3) is 0 Å². The van der Waals surface area contributed by atoms with Crippen molar-refractivity contribution in [1.82, 2.24) is 4.98 Å². The van der Waals surface area contributed by atoms with Crippen LogP contribution < -0.4 is 9.47 Å². The van der Waals surface area contributed by atoms with Crippen molar-refractivity contribution in [1.29, 1.82) is 5.26 Å². The van der Waals surface area contributed by atoms with Crippen molar-refractivity contribution in [3.05, 3.63) is 52.8 Å². The largest absolute Gasteiger partial charge is 0.497 e. The maximum absolute atomic E-state index is 9.17. The fraction of sp³-hybridized carbons (Fsp3) is 0.250. The lowest BCUT2D eigenvalue weighted by Gasteiger charge is -2.10. The quantitative estimate of drug-likeness (QED) is 0.854. The van der Waals surface area contributed by atoms with Gasteiger partial charge in [-0.3, -0.25) is 4.98 Å². The van der Waals surface area contributed by atoms with Crippen LogP contribution in [0.4, 0.5) is 0 Å². The summed E-state index contributed by atoms with van der Waals surface area (Å²) in [5.41, 5.74) is 3.04. The van der Waals surface area contributed by atoms with E-state index in [0.29, 0.717) is 23.6 Å². The summed E-state index contributed by atoms with van der Waals surface area (Å²) in [6, 6.07) is 11.6. The number of methoxy groups -OCH3 is 1. The third-order valence-electron chi connectivity index (χ3n) is 2.96. The normalized spacial score (nSPS) is 9.90. The van der Waals surface area contributed by atoms with Gasteiger partial charge in [-0.15, -0.1) is 0 Å². The van der Waals surface area contributed by atoms with Crippen LogP contribution in [0.1, 0.15) is 22.5 Å². The molecular weight excluding hydrogens is 252 g/mol. The van der Waals surface area contributed by atoms with Gasteiger partial charge in [-0.2, -0.15) is 5.26 Å². The van der Waals surface area contributed by atoms with Gasteiger partial charge in [0.1, 0.15) is 29.7 Å². The standard InChI is InChI=1S/C16H16N2O2/c1-11-8-16(15(9-17)12(2)18-11)20-10-13-4-6-14(19-3)7-5-13/h4-8H,10H2,1-3H3. The minimum atomic E-state index is 0.404. The highest BCUT2D eigenvalue weighted by Crippen LogP contribution is 2.22. The molecule has 0 bridgehead atoms. The van der Waals surface area contributed by atoms with Crippen LogP contribution in [-0.4, -0.2) is 12.1 Å². The zero-order valence-electron chi connectivity index (χ0n) is 11.8. The van der Waals surface area contributed by atoms with Crippen molar-refractivity contribution in [2.45, 2.75) is 20.5 Å². The first kappa shape index (κ1) is 13.9. The molecule has 0 aliphatic rings. The Bertz CT molecular complexity index is 643. The molecule has 0 spiro atoms. The molecule has 2 rings (SSSR count). The van der Waals surface area contributed by atoms with Gasteiger partial charge in [0.05, 0.1) is 12.8 Å². The van der Waals surface area contributed by atoms with E-state index in [1.54, 1.807) is 13.2 Å². The van der Waals surface area contributed by atoms with Gasteiger partial charge < -0.3 is 9.47 Å². The van der Waals surface area contributed by atoms with Crippen LogP contribution in [0, 0.1) is 25.2 Å². The van der Waals surface area contributed by atoms with E-state index in [9.17, 15) is 0 Å². The van der Waals surface area contributed by atoms with Gasteiger partial charge in [0.25, 0.3) is 0 Å². The van der Waals surface area contributed by atoms with Crippen molar-refractivity contribution in [2.75, 3.05) is 7.11 Å². The zero-order valence-corrected chi connectivity index (χ0v) is 11.8. The SMILES string of the molecule is COc1ccc(COc2cc(C)nc(C)c2C#N)cc1. The zero-order chi connectivity index (χ0) is 14.5. The molecule has 2 aromatic rings. The fourth-order valence-electron chi connectivity index (χ4n) is 1.93. The Kier molecular flexibility index (Phi) is 4.21. The average Bonchev–Trinajstić information content (AvgIpc) is 2.45. The molecule has 0 N–H and O–H groups in total. The van der Waals surface area contributed by atoms with Crippen LogP contribution >= 0.6 is 0 Å². The van der Waals surface area contributed by atoms with Crippen LogP contribution in [-0.2, 0) is 6.61 Å². The molecule has 0 aliphatic carbocycles. The smallest absolute Gasteiger partial charge is 0.141 e. The highest BCUT2D eigenvalue weighted by Gasteiger charge is 2.09. The number of aryl methyl sites for hydroxylation is 2. The highest BCUT2D eigenvalue weighted by atomic mass is 16.5. The van der Waals surface area contributed by atoms with Gasteiger partial charge in [0.2, 0.25) is 0 Å².